The summed E-state index contributed by atoms with van der Waals surface area (Å²) in [5.41, 5.74) is 7.50. The molecule has 1 aliphatic carbocycles. The summed E-state index contributed by atoms with van der Waals surface area (Å²) in [5, 5.41) is 3.12. The van der Waals surface area contributed by atoms with Crippen molar-refractivity contribution < 1.29 is 27.5 Å². The predicted molar refractivity (Wildman–Crippen MR) is 155 cm³/mol. The maximum absolute atomic E-state index is 13.3. The molecule has 0 bridgehead atoms. The molecule has 1 saturated carbocycles. The molecule has 1 spiro atoms. The average molecular weight is 606 g/mol. The van der Waals surface area contributed by atoms with E-state index in [0.717, 1.165) is 55.3 Å². The number of fused-ring (bicyclic) bond motifs is 1. The van der Waals surface area contributed by atoms with Gasteiger partial charge in [-0.15, -0.1) is 0 Å². The van der Waals surface area contributed by atoms with Crippen LogP contribution in [0.2, 0.25) is 0 Å². The van der Waals surface area contributed by atoms with Gasteiger partial charge in [0.05, 0.1) is 29.6 Å². The van der Waals surface area contributed by atoms with Crippen LogP contribution < -0.4 is 11.1 Å². The minimum Gasteiger partial charge on any atom is -0.383 e. The Morgan fingerprint density at radius 3 is 2.59 bits per heavy atom. The van der Waals surface area contributed by atoms with E-state index in [1.54, 1.807) is 24.3 Å². The van der Waals surface area contributed by atoms with Crippen molar-refractivity contribution in [3.8, 4) is 11.1 Å². The number of nitrogens with one attached hydrogen (secondary N) is 1. The number of nitrogens with zero attached hydrogens (tertiary/aromatic N) is 5. The van der Waals surface area contributed by atoms with E-state index in [9.17, 15) is 22.8 Å². The zero-order valence-corrected chi connectivity index (χ0v) is 23.9. The number of amides is 2. The van der Waals surface area contributed by atoms with E-state index in [0.29, 0.717) is 36.6 Å². The molecule has 44 heavy (non-hydrogen) atoms. The molecule has 2 atom stereocenters. The lowest BCUT2D eigenvalue weighted by atomic mass is 9.84. The molecule has 4 aromatic rings. The number of benzene rings is 1. The number of carbonyl (C=O) groups excluding carboxylic acids is 2. The van der Waals surface area contributed by atoms with Gasteiger partial charge in [0.1, 0.15) is 23.6 Å². The molecule has 0 radical (unpaired) electrons. The number of pyridine rings is 1. The van der Waals surface area contributed by atoms with Crippen molar-refractivity contribution in [3.63, 3.8) is 0 Å². The number of nitrogen functional groups attached to an aromatic ring is 1. The quantitative estimate of drug-likeness (QED) is 0.330. The maximum Gasteiger partial charge on any atom is 0.416 e. The third-order valence-corrected chi connectivity index (χ3v) is 9.16. The third kappa shape index (κ3) is 4.75. The second kappa shape index (κ2) is 10.0. The summed E-state index contributed by atoms with van der Waals surface area (Å²) in [5.74, 6) is -0.300. The number of hydrogen-bond acceptors (Lipinski definition) is 7. The summed E-state index contributed by atoms with van der Waals surface area (Å²) in [6.07, 6.45) is 2.76. The van der Waals surface area contributed by atoms with Gasteiger partial charge in [0.25, 0.3) is 5.91 Å². The number of piperidine rings is 1. The van der Waals surface area contributed by atoms with Crippen molar-refractivity contribution in [1.29, 1.82) is 0 Å². The van der Waals surface area contributed by atoms with Crippen LogP contribution in [0.3, 0.4) is 0 Å². The highest BCUT2D eigenvalue weighted by Gasteiger charge is 2.59. The van der Waals surface area contributed by atoms with E-state index in [1.165, 1.54) is 6.33 Å². The van der Waals surface area contributed by atoms with Gasteiger partial charge in [-0.25, -0.2) is 15.0 Å². The van der Waals surface area contributed by atoms with Gasteiger partial charge in [-0.2, -0.15) is 13.2 Å². The molecule has 10 nitrogen and oxygen atoms in total. The standard InChI is InChI=1S/C31H30F3N7O3/c1-29(15-44-16-29)28(43)40-10-2-8-30(14-40)12-22(30)41-13-21(24-25(35)37-17-38-26(24)41)18-3-5-19(6-4-18)27(42)39-23-11-20(7-9-36-23)31(32,33)34/h3-7,9,11,13,17,22H,2,8,10,12,14-16H2,1H3,(H2,35,37,38)(H,36,39,42)/t22?,30-/m0/s1. The van der Waals surface area contributed by atoms with Gasteiger partial charge in [0, 0.05) is 48.1 Å². The fourth-order valence-electron chi connectivity index (χ4n) is 6.63. The molecule has 3 N–H and O–H groups in total. The first-order valence-electron chi connectivity index (χ1n) is 14.4. The highest BCUT2D eigenvalue weighted by molar-refractivity contribution is 6.05. The zero-order valence-electron chi connectivity index (χ0n) is 23.9. The van der Waals surface area contributed by atoms with Gasteiger partial charge in [-0.3, -0.25) is 9.59 Å². The summed E-state index contributed by atoms with van der Waals surface area (Å²) >= 11 is 0. The Morgan fingerprint density at radius 2 is 1.89 bits per heavy atom. The first kappa shape index (κ1) is 28.3. The summed E-state index contributed by atoms with van der Waals surface area (Å²) in [6.45, 7) is 4.32. The van der Waals surface area contributed by atoms with Crippen LogP contribution in [-0.4, -0.2) is 62.5 Å². The lowest BCUT2D eigenvalue weighted by molar-refractivity contribution is -0.170. The largest absolute Gasteiger partial charge is 0.416 e. The third-order valence-electron chi connectivity index (χ3n) is 9.16. The van der Waals surface area contributed by atoms with Gasteiger partial charge in [0.2, 0.25) is 5.91 Å². The lowest BCUT2D eigenvalue weighted by Crippen LogP contribution is -2.55. The van der Waals surface area contributed by atoms with Crippen molar-refractivity contribution in [2.75, 3.05) is 37.4 Å². The van der Waals surface area contributed by atoms with E-state index in [1.807, 2.05) is 18.0 Å². The smallest absolute Gasteiger partial charge is 0.383 e. The number of rotatable bonds is 5. The first-order valence-corrected chi connectivity index (χ1v) is 14.4. The molecule has 1 unspecified atom stereocenters. The van der Waals surface area contributed by atoms with E-state index < -0.39 is 23.1 Å². The van der Waals surface area contributed by atoms with Crippen LogP contribution in [0.15, 0.2) is 55.1 Å². The number of alkyl halides is 3. The monoisotopic (exact) mass is 605 g/mol. The fourth-order valence-corrected chi connectivity index (χ4v) is 6.63. The topological polar surface area (TPSA) is 128 Å². The molecule has 2 saturated heterocycles. The maximum atomic E-state index is 13.3. The van der Waals surface area contributed by atoms with Gasteiger partial charge < -0.3 is 25.3 Å². The van der Waals surface area contributed by atoms with Crippen LogP contribution in [0.25, 0.3) is 22.2 Å². The molecule has 2 amide bonds. The highest BCUT2D eigenvalue weighted by atomic mass is 19.4. The van der Waals surface area contributed by atoms with Crippen LogP contribution in [-0.2, 0) is 15.7 Å². The molecule has 228 valence electrons. The number of likely N-dealkylation sites (tertiary alicyclic amines) is 1. The lowest BCUT2D eigenvalue weighted by Gasteiger charge is -2.43. The van der Waals surface area contributed by atoms with Crippen LogP contribution >= 0.6 is 0 Å². The van der Waals surface area contributed by atoms with E-state index >= 15 is 0 Å². The summed E-state index contributed by atoms with van der Waals surface area (Å²) in [4.78, 5) is 40.7. The molecule has 2 aliphatic heterocycles. The fraction of sp³-hybridized carbons (Fsp3) is 0.387. The van der Waals surface area contributed by atoms with Crippen molar-refractivity contribution in [2.24, 2.45) is 10.8 Å². The molecule has 3 fully saturated rings. The molecular weight excluding hydrogens is 575 g/mol. The van der Waals surface area contributed by atoms with E-state index in [2.05, 4.69) is 24.8 Å². The van der Waals surface area contributed by atoms with Gasteiger partial charge in [-0.1, -0.05) is 12.1 Å². The van der Waals surface area contributed by atoms with Crippen molar-refractivity contribution in [2.45, 2.75) is 38.4 Å². The van der Waals surface area contributed by atoms with E-state index in [4.69, 9.17) is 10.5 Å². The molecule has 5 heterocycles. The van der Waals surface area contributed by atoms with Crippen LogP contribution in [0.5, 0.6) is 0 Å². The zero-order chi connectivity index (χ0) is 30.9. The van der Waals surface area contributed by atoms with Crippen LogP contribution in [0.1, 0.15) is 48.1 Å². The Bertz CT molecular complexity index is 1780. The minimum absolute atomic E-state index is 0.0444. The Kier molecular flexibility index (Phi) is 6.43. The van der Waals surface area contributed by atoms with Gasteiger partial charge in [-0.05, 0) is 56.0 Å². The first-order chi connectivity index (χ1) is 21.0. The van der Waals surface area contributed by atoms with Gasteiger partial charge in [0.15, 0.2) is 0 Å². The van der Waals surface area contributed by atoms with E-state index in [-0.39, 0.29) is 28.7 Å². The molecule has 3 aliphatic rings. The Labute approximate surface area is 250 Å². The van der Waals surface area contributed by atoms with Crippen molar-refractivity contribution in [3.05, 3.63) is 66.2 Å². The van der Waals surface area contributed by atoms with Crippen molar-refractivity contribution >= 4 is 34.5 Å². The Morgan fingerprint density at radius 1 is 1.11 bits per heavy atom. The number of ether oxygens (including phenoxy) is 1. The number of aromatic nitrogens is 4. The molecular formula is C31H30F3N7O3. The number of carbonyl (C=O) groups is 2. The highest BCUT2D eigenvalue weighted by Crippen LogP contribution is 2.62. The average Bonchev–Trinajstić information content (AvgIpc) is 3.51. The number of halogens is 3. The normalized spacial score (nSPS) is 22.5. The Balaban J connectivity index is 1.14. The summed E-state index contributed by atoms with van der Waals surface area (Å²) < 4.78 is 46.7. The number of nitrogens with two attached hydrogens (primary N) is 1. The minimum atomic E-state index is -4.55. The SMILES string of the molecule is CC1(C(=O)N2CCC[C@]3(CC3n3cc(-c4ccc(C(=O)Nc5cc(C(F)(F)F)ccn5)cc4)c4c(N)ncnc43)C2)COC1. The van der Waals surface area contributed by atoms with Crippen molar-refractivity contribution in [1.82, 2.24) is 24.4 Å². The molecule has 3 aromatic heterocycles. The molecule has 13 heteroatoms. The summed E-state index contributed by atoms with van der Waals surface area (Å²) in [7, 11) is 0. The molecule has 1 aromatic carbocycles. The summed E-state index contributed by atoms with van der Waals surface area (Å²) in [6, 6.07) is 8.47. The Hall–Kier alpha value is -4.52. The van der Waals surface area contributed by atoms with Gasteiger partial charge >= 0.3 is 6.18 Å². The predicted octanol–water partition coefficient (Wildman–Crippen LogP) is 4.94. The van der Waals surface area contributed by atoms with Crippen LogP contribution in [0, 0.1) is 10.8 Å². The molecule has 7 rings (SSSR count). The second-order valence-corrected chi connectivity index (χ2v) is 12.3. The second-order valence-electron chi connectivity index (χ2n) is 12.3. The number of hydrogen-bond donors (Lipinski definition) is 2. The number of anilines is 2. The van der Waals surface area contributed by atoms with Crippen LogP contribution in [0.4, 0.5) is 24.8 Å².